The predicted molar refractivity (Wildman–Crippen MR) is 101 cm³/mol. The number of fused-ring (bicyclic) bond motifs is 1. The Bertz CT molecular complexity index is 1020. The Balaban J connectivity index is 1.44. The van der Waals surface area contributed by atoms with Gasteiger partial charge >= 0.3 is 5.97 Å². The number of aromatic carboxylic acids is 1. The second kappa shape index (κ2) is 7.15. The molecule has 2 aromatic carbocycles. The molecule has 0 saturated carbocycles. The van der Waals surface area contributed by atoms with Crippen LogP contribution in [0.3, 0.4) is 0 Å². The Kier molecular flexibility index (Phi) is 4.54. The summed E-state index contributed by atoms with van der Waals surface area (Å²) in [5.41, 5.74) is 3.40. The van der Waals surface area contributed by atoms with E-state index in [-0.39, 0.29) is 5.91 Å². The SMILES string of the molecule is O=C(O)c1cccc(C[C@@H]2CCN(C(=O)c3ccc4nccnc4c3)C2)c1. The molecule has 1 fully saturated rings. The molecule has 1 aliphatic heterocycles. The van der Waals surface area contributed by atoms with Crippen molar-refractivity contribution in [2.45, 2.75) is 12.8 Å². The zero-order chi connectivity index (χ0) is 18.8. The molecule has 0 spiro atoms. The Labute approximate surface area is 156 Å². The highest BCUT2D eigenvalue weighted by molar-refractivity contribution is 5.97. The highest BCUT2D eigenvalue weighted by atomic mass is 16.4. The van der Waals surface area contributed by atoms with Crippen molar-refractivity contribution in [1.29, 1.82) is 0 Å². The molecule has 6 heteroatoms. The molecule has 0 bridgehead atoms. The average Bonchev–Trinajstić information content (AvgIpc) is 3.15. The van der Waals surface area contributed by atoms with Crippen molar-refractivity contribution in [2.75, 3.05) is 13.1 Å². The zero-order valence-corrected chi connectivity index (χ0v) is 14.7. The van der Waals surface area contributed by atoms with Gasteiger partial charge in [0.15, 0.2) is 0 Å². The van der Waals surface area contributed by atoms with E-state index in [0.29, 0.717) is 35.7 Å². The Hall–Kier alpha value is -3.28. The number of likely N-dealkylation sites (tertiary alicyclic amines) is 1. The Morgan fingerprint density at radius 3 is 2.67 bits per heavy atom. The van der Waals surface area contributed by atoms with E-state index in [1.54, 1.807) is 42.7 Å². The first-order valence-electron chi connectivity index (χ1n) is 8.92. The van der Waals surface area contributed by atoms with Crippen LogP contribution in [-0.4, -0.2) is 44.9 Å². The molecule has 2 heterocycles. The number of carbonyl (C=O) groups is 2. The first-order valence-corrected chi connectivity index (χ1v) is 8.92. The molecule has 1 aromatic heterocycles. The molecule has 3 aromatic rings. The van der Waals surface area contributed by atoms with Crippen LogP contribution in [0.5, 0.6) is 0 Å². The number of carbonyl (C=O) groups excluding carboxylic acids is 1. The lowest BCUT2D eigenvalue weighted by Crippen LogP contribution is -2.29. The maximum atomic E-state index is 12.8. The summed E-state index contributed by atoms with van der Waals surface area (Å²) < 4.78 is 0. The summed E-state index contributed by atoms with van der Waals surface area (Å²) in [4.78, 5) is 34.3. The molecule has 1 atom stereocenters. The first-order chi connectivity index (χ1) is 13.1. The van der Waals surface area contributed by atoms with Crippen LogP contribution in [-0.2, 0) is 6.42 Å². The van der Waals surface area contributed by atoms with Crippen LogP contribution < -0.4 is 0 Å². The molecule has 136 valence electrons. The van der Waals surface area contributed by atoms with Gasteiger partial charge in [-0.3, -0.25) is 14.8 Å². The molecule has 1 saturated heterocycles. The maximum absolute atomic E-state index is 12.8. The fourth-order valence-corrected chi connectivity index (χ4v) is 3.63. The number of rotatable bonds is 4. The number of benzene rings is 2. The van der Waals surface area contributed by atoms with E-state index in [2.05, 4.69) is 9.97 Å². The van der Waals surface area contributed by atoms with Crippen molar-refractivity contribution >= 4 is 22.9 Å². The van der Waals surface area contributed by atoms with Crippen molar-refractivity contribution in [3.05, 3.63) is 71.5 Å². The van der Waals surface area contributed by atoms with Crippen molar-refractivity contribution in [3.8, 4) is 0 Å². The minimum Gasteiger partial charge on any atom is -0.478 e. The quantitative estimate of drug-likeness (QED) is 0.772. The molecule has 4 rings (SSSR count). The van der Waals surface area contributed by atoms with Crippen molar-refractivity contribution in [1.82, 2.24) is 14.9 Å². The van der Waals surface area contributed by atoms with Gasteiger partial charge in [-0.05, 0) is 54.7 Å². The zero-order valence-electron chi connectivity index (χ0n) is 14.7. The first kappa shape index (κ1) is 17.1. The minimum absolute atomic E-state index is 0.00402. The van der Waals surface area contributed by atoms with Gasteiger partial charge in [-0.2, -0.15) is 0 Å². The average molecular weight is 361 g/mol. The van der Waals surface area contributed by atoms with Gasteiger partial charge in [-0.15, -0.1) is 0 Å². The lowest BCUT2D eigenvalue weighted by molar-refractivity contribution is 0.0696. The molecule has 0 unspecified atom stereocenters. The van der Waals surface area contributed by atoms with Crippen molar-refractivity contribution < 1.29 is 14.7 Å². The third-order valence-electron chi connectivity index (χ3n) is 4.99. The third kappa shape index (κ3) is 3.65. The van der Waals surface area contributed by atoms with Crippen LogP contribution in [0.2, 0.25) is 0 Å². The summed E-state index contributed by atoms with van der Waals surface area (Å²) in [6.45, 7) is 1.38. The largest absolute Gasteiger partial charge is 0.478 e. The molecule has 1 aliphatic rings. The van der Waals surface area contributed by atoms with Crippen LogP contribution in [0.15, 0.2) is 54.9 Å². The van der Waals surface area contributed by atoms with Gasteiger partial charge < -0.3 is 10.0 Å². The topological polar surface area (TPSA) is 83.4 Å². The lowest BCUT2D eigenvalue weighted by Gasteiger charge is -2.17. The number of hydrogen-bond donors (Lipinski definition) is 1. The smallest absolute Gasteiger partial charge is 0.335 e. The van der Waals surface area contributed by atoms with E-state index in [1.807, 2.05) is 17.0 Å². The highest BCUT2D eigenvalue weighted by Gasteiger charge is 2.27. The van der Waals surface area contributed by atoms with Crippen LogP contribution in [0.1, 0.15) is 32.7 Å². The predicted octanol–water partition coefficient (Wildman–Crippen LogP) is 3.03. The van der Waals surface area contributed by atoms with E-state index < -0.39 is 5.97 Å². The molecule has 0 radical (unpaired) electrons. The van der Waals surface area contributed by atoms with Gasteiger partial charge in [0.25, 0.3) is 5.91 Å². The summed E-state index contributed by atoms with van der Waals surface area (Å²) >= 11 is 0. The van der Waals surface area contributed by atoms with E-state index in [4.69, 9.17) is 5.11 Å². The number of nitrogens with zero attached hydrogens (tertiary/aromatic N) is 3. The molecular formula is C21H19N3O3. The fourth-order valence-electron chi connectivity index (χ4n) is 3.63. The van der Waals surface area contributed by atoms with E-state index in [1.165, 1.54) is 0 Å². The number of carboxylic acids is 1. The summed E-state index contributed by atoms with van der Waals surface area (Å²) in [6.07, 6.45) is 4.94. The minimum atomic E-state index is -0.917. The molecular weight excluding hydrogens is 342 g/mol. The molecule has 0 aliphatic carbocycles. The van der Waals surface area contributed by atoms with Gasteiger partial charge in [0.2, 0.25) is 0 Å². The lowest BCUT2D eigenvalue weighted by atomic mass is 9.97. The third-order valence-corrected chi connectivity index (χ3v) is 4.99. The summed E-state index contributed by atoms with van der Waals surface area (Å²) in [7, 11) is 0. The number of carboxylic acid groups (broad SMARTS) is 1. The number of aromatic nitrogens is 2. The second-order valence-electron chi connectivity index (χ2n) is 6.88. The Morgan fingerprint density at radius 2 is 1.85 bits per heavy atom. The highest BCUT2D eigenvalue weighted by Crippen LogP contribution is 2.23. The fraction of sp³-hybridized carbons (Fsp3) is 0.238. The van der Waals surface area contributed by atoms with Gasteiger partial charge in [0, 0.05) is 31.0 Å². The number of amides is 1. The second-order valence-corrected chi connectivity index (χ2v) is 6.88. The van der Waals surface area contributed by atoms with Crippen LogP contribution >= 0.6 is 0 Å². The van der Waals surface area contributed by atoms with Gasteiger partial charge in [0.1, 0.15) is 0 Å². The molecule has 1 amide bonds. The van der Waals surface area contributed by atoms with Crippen LogP contribution in [0.25, 0.3) is 11.0 Å². The standard InChI is InChI=1S/C21H19N3O3/c25-20(16-4-5-18-19(12-16)23-8-7-22-18)24-9-6-15(13-24)10-14-2-1-3-17(11-14)21(26)27/h1-5,7-8,11-12,15H,6,9-10,13H2,(H,26,27)/t15-/m0/s1. The van der Waals surface area contributed by atoms with Crippen LogP contribution in [0.4, 0.5) is 0 Å². The van der Waals surface area contributed by atoms with Gasteiger partial charge in [-0.25, -0.2) is 4.79 Å². The molecule has 6 nitrogen and oxygen atoms in total. The normalized spacial score (nSPS) is 16.6. The van der Waals surface area contributed by atoms with E-state index in [0.717, 1.165) is 23.9 Å². The molecule has 1 N–H and O–H groups in total. The van der Waals surface area contributed by atoms with Gasteiger partial charge in [0.05, 0.1) is 16.6 Å². The van der Waals surface area contributed by atoms with Gasteiger partial charge in [-0.1, -0.05) is 12.1 Å². The van der Waals surface area contributed by atoms with E-state index >= 15 is 0 Å². The maximum Gasteiger partial charge on any atom is 0.335 e. The summed E-state index contributed by atoms with van der Waals surface area (Å²) in [5, 5.41) is 9.12. The van der Waals surface area contributed by atoms with E-state index in [9.17, 15) is 9.59 Å². The summed E-state index contributed by atoms with van der Waals surface area (Å²) in [6, 6.07) is 12.4. The summed E-state index contributed by atoms with van der Waals surface area (Å²) in [5.74, 6) is -0.581. The van der Waals surface area contributed by atoms with Crippen LogP contribution in [0, 0.1) is 5.92 Å². The monoisotopic (exact) mass is 361 g/mol. The Morgan fingerprint density at radius 1 is 1.04 bits per heavy atom. The number of hydrogen-bond acceptors (Lipinski definition) is 4. The molecule has 27 heavy (non-hydrogen) atoms. The van der Waals surface area contributed by atoms with Crippen molar-refractivity contribution in [3.63, 3.8) is 0 Å². The van der Waals surface area contributed by atoms with Crippen molar-refractivity contribution in [2.24, 2.45) is 5.92 Å².